The first kappa shape index (κ1) is 18.3. The fourth-order valence-electron chi connectivity index (χ4n) is 3.09. The number of aromatic nitrogens is 4. The van der Waals surface area contributed by atoms with Crippen LogP contribution in [-0.2, 0) is 4.74 Å². The van der Waals surface area contributed by atoms with Crippen LogP contribution >= 0.6 is 11.3 Å². The predicted molar refractivity (Wildman–Crippen MR) is 109 cm³/mol. The molecule has 9 heteroatoms. The van der Waals surface area contributed by atoms with Crippen LogP contribution < -0.4 is 5.32 Å². The number of amides is 1. The van der Waals surface area contributed by atoms with Crippen LogP contribution in [0.2, 0.25) is 0 Å². The van der Waals surface area contributed by atoms with Crippen LogP contribution in [0.1, 0.15) is 16.1 Å². The fraction of sp³-hybridized carbons (Fsp3) is 0.263. The molecule has 4 rings (SSSR count). The number of fused-ring (bicyclic) bond motifs is 3. The number of hydrogen-bond donors (Lipinski definition) is 1. The summed E-state index contributed by atoms with van der Waals surface area (Å²) in [5.41, 5.74) is 2.94. The summed E-state index contributed by atoms with van der Waals surface area (Å²) in [6.45, 7) is 2.89. The number of methoxy groups -OCH3 is 1. The van der Waals surface area contributed by atoms with E-state index in [1.807, 2.05) is 41.1 Å². The third kappa shape index (κ3) is 3.19. The lowest BCUT2D eigenvalue weighted by molar-refractivity contribution is 0.0748. The summed E-state index contributed by atoms with van der Waals surface area (Å²) in [6.07, 6.45) is 3.39. The molecule has 0 bridgehead atoms. The summed E-state index contributed by atoms with van der Waals surface area (Å²) >= 11 is 1.49. The number of thiazole rings is 1. The van der Waals surface area contributed by atoms with Gasteiger partial charge in [-0.25, -0.2) is 15.0 Å². The van der Waals surface area contributed by atoms with Crippen molar-refractivity contribution in [1.29, 1.82) is 0 Å². The Morgan fingerprint density at radius 1 is 1.36 bits per heavy atom. The molecule has 0 aliphatic heterocycles. The Morgan fingerprint density at radius 3 is 2.96 bits per heavy atom. The number of ether oxygens (including phenoxy) is 1. The lowest BCUT2D eigenvalue weighted by Crippen LogP contribution is -2.30. The van der Waals surface area contributed by atoms with Crippen LogP contribution in [0.15, 0.2) is 36.1 Å². The zero-order valence-corrected chi connectivity index (χ0v) is 16.7. The summed E-state index contributed by atoms with van der Waals surface area (Å²) in [7, 11) is 3.38. The molecule has 4 aromatic rings. The highest BCUT2D eigenvalue weighted by atomic mass is 32.1. The third-order valence-corrected chi connectivity index (χ3v) is 5.33. The molecule has 0 spiro atoms. The number of nitrogens with zero attached hydrogens (tertiary/aromatic N) is 5. The molecular weight excluding hydrogens is 376 g/mol. The van der Waals surface area contributed by atoms with Gasteiger partial charge in [-0.2, -0.15) is 0 Å². The van der Waals surface area contributed by atoms with Crippen molar-refractivity contribution in [2.24, 2.45) is 0 Å². The van der Waals surface area contributed by atoms with E-state index in [2.05, 4.69) is 20.3 Å². The molecule has 28 heavy (non-hydrogen) atoms. The van der Waals surface area contributed by atoms with Crippen LogP contribution in [0.3, 0.4) is 0 Å². The average molecular weight is 396 g/mol. The quantitative estimate of drug-likeness (QED) is 0.539. The molecule has 0 aromatic carbocycles. The minimum absolute atomic E-state index is 0.107. The predicted octanol–water partition coefficient (Wildman–Crippen LogP) is 3.11. The standard InChI is InChI=1S/C19H20N6O2S/c1-12-10-28-19(22-12)23-16-15-14(18(26)24(2)8-9-27-3)13-6-4-5-7-25(13)17(15)21-11-20-16/h4-7,10-11H,8-9H2,1-3H3,(H,20,21,22,23). The average Bonchev–Trinajstić information content (AvgIpc) is 3.27. The van der Waals surface area contributed by atoms with E-state index in [-0.39, 0.29) is 5.91 Å². The van der Waals surface area contributed by atoms with Gasteiger partial charge in [-0.15, -0.1) is 11.3 Å². The molecule has 0 saturated carbocycles. The maximum absolute atomic E-state index is 13.3. The monoisotopic (exact) mass is 396 g/mol. The molecule has 4 aromatic heterocycles. The van der Waals surface area contributed by atoms with Crippen molar-refractivity contribution in [2.45, 2.75) is 6.92 Å². The van der Waals surface area contributed by atoms with Gasteiger partial charge in [-0.3, -0.25) is 4.79 Å². The molecule has 1 amide bonds. The Kier molecular flexibility index (Phi) is 4.93. The van der Waals surface area contributed by atoms with Crippen molar-refractivity contribution in [3.05, 3.63) is 47.4 Å². The van der Waals surface area contributed by atoms with E-state index < -0.39 is 0 Å². The smallest absolute Gasteiger partial charge is 0.256 e. The van der Waals surface area contributed by atoms with E-state index >= 15 is 0 Å². The largest absolute Gasteiger partial charge is 0.383 e. The second-order valence-electron chi connectivity index (χ2n) is 6.39. The molecular formula is C19H20N6O2S. The van der Waals surface area contributed by atoms with Crippen molar-refractivity contribution in [3.63, 3.8) is 0 Å². The topological polar surface area (TPSA) is 84.6 Å². The van der Waals surface area contributed by atoms with Crippen molar-refractivity contribution in [3.8, 4) is 0 Å². The molecule has 0 saturated heterocycles. The number of likely N-dealkylation sites (N-methyl/N-ethyl adjacent to an activating group) is 1. The SMILES string of the molecule is COCCN(C)C(=O)c1c2c(Nc3nc(C)cs3)ncnc2n2ccccc12. The summed E-state index contributed by atoms with van der Waals surface area (Å²) in [5.74, 6) is 0.454. The Balaban J connectivity index is 1.91. The van der Waals surface area contributed by atoms with E-state index in [1.54, 1.807) is 19.1 Å². The first-order valence-electron chi connectivity index (χ1n) is 8.77. The Morgan fingerprint density at radius 2 is 2.21 bits per heavy atom. The number of pyridine rings is 1. The normalized spacial score (nSPS) is 11.2. The van der Waals surface area contributed by atoms with Crippen molar-refractivity contribution in [1.82, 2.24) is 24.3 Å². The van der Waals surface area contributed by atoms with Gasteiger partial charge in [0, 0.05) is 32.3 Å². The second kappa shape index (κ2) is 7.53. The van der Waals surface area contributed by atoms with Crippen molar-refractivity contribution in [2.75, 3.05) is 32.6 Å². The molecule has 0 unspecified atom stereocenters. The van der Waals surface area contributed by atoms with Gasteiger partial charge in [0.15, 0.2) is 10.8 Å². The number of anilines is 2. The van der Waals surface area contributed by atoms with Gasteiger partial charge in [0.25, 0.3) is 5.91 Å². The Hall–Kier alpha value is -3.04. The highest BCUT2D eigenvalue weighted by molar-refractivity contribution is 7.13. The van der Waals surface area contributed by atoms with Gasteiger partial charge in [0.2, 0.25) is 0 Å². The van der Waals surface area contributed by atoms with E-state index in [9.17, 15) is 4.79 Å². The van der Waals surface area contributed by atoms with E-state index in [4.69, 9.17) is 4.74 Å². The molecule has 0 aliphatic rings. The van der Waals surface area contributed by atoms with Crippen LogP contribution in [-0.4, -0.2) is 57.5 Å². The molecule has 4 heterocycles. The van der Waals surface area contributed by atoms with Gasteiger partial charge in [-0.05, 0) is 19.1 Å². The molecule has 0 aliphatic carbocycles. The number of rotatable bonds is 6. The van der Waals surface area contributed by atoms with Crippen molar-refractivity contribution >= 4 is 44.7 Å². The second-order valence-corrected chi connectivity index (χ2v) is 7.25. The van der Waals surface area contributed by atoms with Crippen LogP contribution in [0.4, 0.5) is 10.9 Å². The van der Waals surface area contributed by atoms with Crippen molar-refractivity contribution < 1.29 is 9.53 Å². The highest BCUT2D eigenvalue weighted by Gasteiger charge is 2.25. The maximum atomic E-state index is 13.3. The zero-order valence-electron chi connectivity index (χ0n) is 15.8. The molecule has 144 valence electrons. The van der Waals surface area contributed by atoms with Gasteiger partial charge in [0.05, 0.1) is 28.8 Å². The number of carbonyl (C=O) groups excluding carboxylic acids is 1. The number of aryl methyl sites for hydroxylation is 1. The molecule has 1 N–H and O–H groups in total. The van der Waals surface area contributed by atoms with E-state index in [0.717, 1.165) is 16.3 Å². The Bertz CT molecular complexity index is 1150. The first-order valence-corrected chi connectivity index (χ1v) is 9.65. The molecule has 0 radical (unpaired) electrons. The van der Waals surface area contributed by atoms with Crippen LogP contribution in [0.5, 0.6) is 0 Å². The van der Waals surface area contributed by atoms with Gasteiger partial charge < -0.3 is 19.4 Å². The molecule has 0 fully saturated rings. The van der Waals surface area contributed by atoms with Gasteiger partial charge in [-0.1, -0.05) is 6.07 Å². The lowest BCUT2D eigenvalue weighted by atomic mass is 10.1. The lowest BCUT2D eigenvalue weighted by Gasteiger charge is -2.17. The number of nitrogens with one attached hydrogen (secondary N) is 1. The van der Waals surface area contributed by atoms with Crippen LogP contribution in [0.25, 0.3) is 16.6 Å². The summed E-state index contributed by atoms with van der Waals surface area (Å²) in [6, 6.07) is 5.73. The minimum Gasteiger partial charge on any atom is -0.383 e. The fourth-order valence-corrected chi connectivity index (χ4v) is 3.78. The summed E-state index contributed by atoms with van der Waals surface area (Å²) in [5, 5.41) is 6.61. The number of carbonyl (C=O) groups is 1. The molecule has 8 nitrogen and oxygen atoms in total. The summed E-state index contributed by atoms with van der Waals surface area (Å²) in [4.78, 5) is 28.3. The van der Waals surface area contributed by atoms with Crippen LogP contribution in [0, 0.1) is 6.92 Å². The zero-order chi connectivity index (χ0) is 19.7. The highest BCUT2D eigenvalue weighted by Crippen LogP contribution is 2.32. The Labute approximate surface area is 165 Å². The first-order chi connectivity index (χ1) is 13.6. The van der Waals surface area contributed by atoms with E-state index in [1.165, 1.54) is 17.7 Å². The summed E-state index contributed by atoms with van der Waals surface area (Å²) < 4.78 is 7.03. The minimum atomic E-state index is -0.107. The van der Waals surface area contributed by atoms with E-state index in [0.29, 0.717) is 35.6 Å². The molecule has 0 atom stereocenters. The van der Waals surface area contributed by atoms with Gasteiger partial charge in [0.1, 0.15) is 12.1 Å². The number of hydrogen-bond acceptors (Lipinski definition) is 7. The van der Waals surface area contributed by atoms with Gasteiger partial charge >= 0.3 is 0 Å². The third-order valence-electron chi connectivity index (χ3n) is 4.46. The maximum Gasteiger partial charge on any atom is 0.256 e.